The molecule has 0 saturated carbocycles. The summed E-state index contributed by atoms with van der Waals surface area (Å²) in [5.74, 6) is 0. The Hall–Kier alpha value is -3.28. The molecule has 0 spiro atoms. The molecule has 0 aromatic heterocycles. The van der Waals surface area contributed by atoms with Gasteiger partial charge in [0.15, 0.2) is 0 Å². The van der Waals surface area contributed by atoms with Crippen molar-refractivity contribution < 1.29 is 13.9 Å². The summed E-state index contributed by atoms with van der Waals surface area (Å²) in [6, 6.07) is 42.5. The first-order valence-electron chi connectivity index (χ1n) is 15.5. The van der Waals surface area contributed by atoms with Crippen molar-refractivity contribution in [3.8, 4) is 0 Å². The fourth-order valence-corrected chi connectivity index (χ4v) is 10.6. The molecule has 4 heteroatoms. The van der Waals surface area contributed by atoms with Crippen molar-refractivity contribution in [3.05, 3.63) is 145 Å². The van der Waals surface area contributed by atoms with Gasteiger partial charge in [0.25, 0.3) is 8.32 Å². The molecule has 4 aromatic rings. The lowest BCUT2D eigenvalue weighted by Crippen LogP contribution is -2.68. The molecule has 0 saturated heterocycles. The van der Waals surface area contributed by atoms with Crippen LogP contribution in [0.5, 0.6) is 0 Å². The first-order valence-corrected chi connectivity index (χ1v) is 17.4. The van der Waals surface area contributed by atoms with Crippen molar-refractivity contribution in [3.63, 3.8) is 0 Å². The van der Waals surface area contributed by atoms with Gasteiger partial charge in [-0.05, 0) is 52.7 Å². The lowest BCUT2D eigenvalue weighted by atomic mass is 10.0. The molecule has 0 aliphatic carbocycles. The fraction of sp³-hybridized carbons (Fsp3) is 0.333. The number of hydrogen-bond donors (Lipinski definition) is 0. The molecule has 0 aliphatic heterocycles. The molecule has 226 valence electrons. The van der Waals surface area contributed by atoms with Crippen LogP contribution in [0.4, 0.5) is 0 Å². The van der Waals surface area contributed by atoms with E-state index in [0.717, 1.165) is 19.3 Å². The van der Waals surface area contributed by atoms with Gasteiger partial charge in [0.05, 0.1) is 31.5 Å². The Morgan fingerprint density at radius 3 is 1.51 bits per heavy atom. The lowest BCUT2D eigenvalue weighted by molar-refractivity contribution is -0.0175. The van der Waals surface area contributed by atoms with Crippen LogP contribution in [0.2, 0.25) is 5.04 Å². The van der Waals surface area contributed by atoms with Crippen molar-refractivity contribution in [2.24, 2.45) is 0 Å². The maximum atomic E-state index is 7.67. The van der Waals surface area contributed by atoms with E-state index in [4.69, 9.17) is 13.9 Å². The third-order valence-electron chi connectivity index (χ3n) is 8.02. The predicted octanol–water partition coefficient (Wildman–Crippen LogP) is 8.48. The quantitative estimate of drug-likeness (QED) is 0.0965. The van der Waals surface area contributed by atoms with Crippen molar-refractivity contribution >= 4 is 18.7 Å². The second kappa shape index (κ2) is 16.0. The van der Waals surface area contributed by atoms with Crippen LogP contribution < -0.4 is 10.4 Å². The van der Waals surface area contributed by atoms with Crippen LogP contribution in [0.1, 0.15) is 58.1 Å². The van der Waals surface area contributed by atoms with Crippen LogP contribution in [0.3, 0.4) is 0 Å². The van der Waals surface area contributed by atoms with Gasteiger partial charge in [0, 0.05) is 0 Å². The van der Waals surface area contributed by atoms with Crippen molar-refractivity contribution in [1.29, 1.82) is 0 Å². The summed E-state index contributed by atoms with van der Waals surface area (Å²) < 4.78 is 20.6. The van der Waals surface area contributed by atoms with Gasteiger partial charge < -0.3 is 13.9 Å². The molecule has 3 atom stereocenters. The molecule has 0 unspecified atom stereocenters. The van der Waals surface area contributed by atoms with Crippen LogP contribution in [0, 0.1) is 0 Å². The largest absolute Gasteiger partial charge is 0.404 e. The van der Waals surface area contributed by atoms with Crippen molar-refractivity contribution in [2.45, 2.75) is 83.5 Å². The molecule has 0 fully saturated rings. The molecule has 43 heavy (non-hydrogen) atoms. The Morgan fingerprint density at radius 1 is 0.628 bits per heavy atom. The zero-order valence-corrected chi connectivity index (χ0v) is 27.3. The van der Waals surface area contributed by atoms with Gasteiger partial charge in [-0.3, -0.25) is 0 Å². The average molecular weight is 593 g/mol. The second-order valence-electron chi connectivity index (χ2n) is 12.4. The van der Waals surface area contributed by atoms with E-state index in [-0.39, 0.29) is 23.4 Å². The van der Waals surface area contributed by atoms with Crippen LogP contribution in [0.15, 0.2) is 134 Å². The van der Waals surface area contributed by atoms with Gasteiger partial charge in [0.2, 0.25) is 0 Å². The first kappa shape index (κ1) is 32.6. The van der Waals surface area contributed by atoms with Crippen LogP contribution in [0.25, 0.3) is 0 Å². The molecule has 4 rings (SSSR count). The standard InChI is InChI=1S/C39H48O3Si/c1-6-19-35(41-31-34-22-13-8-14-23-34)29-36(28-32(2)40-30-33-20-11-7-12-21-33)42-43(39(3,4)5,37-24-15-9-16-25-37)38-26-17-10-18-27-38/h6-18,20-27,32,35-36H,1,19,28-31H2,2-5H3/t32-,35+,36+/m1/s1. The molecular weight excluding hydrogens is 545 g/mol. The van der Waals surface area contributed by atoms with E-state index in [1.54, 1.807) is 0 Å². The lowest BCUT2D eigenvalue weighted by Gasteiger charge is -2.46. The fourth-order valence-electron chi connectivity index (χ4n) is 5.88. The maximum absolute atomic E-state index is 7.67. The van der Waals surface area contributed by atoms with Gasteiger partial charge >= 0.3 is 0 Å². The molecule has 0 amide bonds. The summed E-state index contributed by atoms with van der Waals surface area (Å²) in [6.45, 7) is 14.4. The van der Waals surface area contributed by atoms with E-state index in [1.807, 2.05) is 18.2 Å². The van der Waals surface area contributed by atoms with E-state index < -0.39 is 8.32 Å². The van der Waals surface area contributed by atoms with Crippen LogP contribution in [-0.2, 0) is 27.1 Å². The van der Waals surface area contributed by atoms with Gasteiger partial charge in [-0.1, -0.05) is 148 Å². The summed E-state index contributed by atoms with van der Waals surface area (Å²) >= 11 is 0. The second-order valence-corrected chi connectivity index (χ2v) is 16.7. The normalized spacial score (nSPS) is 14.1. The SMILES string of the molecule is C=CC[C@@H](C[C@H](C[C@@H](C)OCc1ccccc1)O[Si](c1ccccc1)(c1ccccc1)C(C)(C)C)OCc1ccccc1. The number of ether oxygens (including phenoxy) is 2. The Labute approximate surface area is 260 Å². The molecule has 0 aliphatic rings. The summed E-state index contributed by atoms with van der Waals surface area (Å²) in [5, 5.41) is 2.44. The zero-order chi connectivity index (χ0) is 30.5. The Morgan fingerprint density at radius 2 is 1.07 bits per heavy atom. The minimum atomic E-state index is -2.78. The third kappa shape index (κ3) is 9.10. The smallest absolute Gasteiger partial charge is 0.261 e. The van der Waals surface area contributed by atoms with Crippen LogP contribution >= 0.6 is 0 Å². The van der Waals surface area contributed by atoms with Gasteiger partial charge in [-0.15, -0.1) is 6.58 Å². The van der Waals surface area contributed by atoms with Gasteiger partial charge in [-0.25, -0.2) is 0 Å². The Kier molecular flexibility index (Phi) is 12.1. The highest BCUT2D eigenvalue weighted by atomic mass is 28.4. The number of hydrogen-bond acceptors (Lipinski definition) is 3. The molecular formula is C39H48O3Si. The number of benzene rings is 4. The molecule has 0 N–H and O–H groups in total. The molecule has 0 radical (unpaired) electrons. The minimum Gasteiger partial charge on any atom is -0.404 e. The highest BCUT2D eigenvalue weighted by Crippen LogP contribution is 2.39. The Balaban J connectivity index is 1.67. The van der Waals surface area contributed by atoms with Crippen molar-refractivity contribution in [2.75, 3.05) is 0 Å². The van der Waals surface area contributed by atoms with Gasteiger partial charge in [0.1, 0.15) is 0 Å². The summed E-state index contributed by atoms with van der Waals surface area (Å²) in [5.41, 5.74) is 2.34. The third-order valence-corrected chi connectivity index (χ3v) is 13.1. The monoisotopic (exact) mass is 592 g/mol. The highest BCUT2D eigenvalue weighted by molar-refractivity contribution is 6.99. The van der Waals surface area contributed by atoms with E-state index in [2.05, 4.69) is 143 Å². The topological polar surface area (TPSA) is 27.7 Å². The molecule has 4 aromatic carbocycles. The van der Waals surface area contributed by atoms with Gasteiger partial charge in [-0.2, -0.15) is 0 Å². The average Bonchev–Trinajstić information content (AvgIpc) is 3.02. The van der Waals surface area contributed by atoms with E-state index >= 15 is 0 Å². The van der Waals surface area contributed by atoms with Crippen LogP contribution in [-0.4, -0.2) is 26.6 Å². The summed E-state index contributed by atoms with van der Waals surface area (Å²) in [6.07, 6.45) is 4.13. The maximum Gasteiger partial charge on any atom is 0.261 e. The Bertz CT molecular complexity index is 1300. The first-order chi connectivity index (χ1) is 20.8. The highest BCUT2D eigenvalue weighted by Gasteiger charge is 2.51. The zero-order valence-electron chi connectivity index (χ0n) is 26.3. The predicted molar refractivity (Wildman–Crippen MR) is 182 cm³/mol. The minimum absolute atomic E-state index is 0.00178. The van der Waals surface area contributed by atoms with E-state index in [0.29, 0.717) is 13.2 Å². The van der Waals surface area contributed by atoms with Crippen molar-refractivity contribution in [1.82, 2.24) is 0 Å². The number of rotatable bonds is 16. The summed E-state index contributed by atoms with van der Waals surface area (Å²) in [7, 11) is -2.78. The molecule has 0 heterocycles. The van der Waals surface area contributed by atoms with E-state index in [1.165, 1.54) is 21.5 Å². The molecule has 3 nitrogen and oxygen atoms in total. The summed E-state index contributed by atoms with van der Waals surface area (Å²) in [4.78, 5) is 0. The van der Waals surface area contributed by atoms with E-state index in [9.17, 15) is 0 Å². The molecule has 0 bridgehead atoms.